The van der Waals surface area contributed by atoms with Crippen LogP contribution in [-0.4, -0.2) is 0 Å². The zero-order chi connectivity index (χ0) is 11.1. The maximum absolute atomic E-state index is 3.78. The topological polar surface area (TPSA) is 0 Å². The van der Waals surface area contributed by atoms with Crippen molar-refractivity contribution in [2.75, 3.05) is 0 Å². The second kappa shape index (κ2) is 29.8. The minimum absolute atomic E-state index is 0. The normalized spacial score (nSPS) is 8.25. The molecular weight excluding hydrogens is 313 g/mol. The van der Waals surface area contributed by atoms with Gasteiger partial charge in [-0.2, -0.15) is 12.8 Å². The molecule has 0 amide bonds. The van der Waals surface area contributed by atoms with Gasteiger partial charge in [-0.1, -0.05) is 65.2 Å². The standard InChI is InChI=1S/C8H17.C6H13.BrH.Zn/c1-3-5-7-8-6-4-2;1-3-5-6-4-2;;/h1,3-8H2,2H3;1,3-6H2,2H3;1H;/q2*-1;;+2. The third-order valence-electron chi connectivity index (χ3n) is 2.21. The molecule has 0 nitrogen and oxygen atoms in total. The Balaban J connectivity index is -0.0000000825. The summed E-state index contributed by atoms with van der Waals surface area (Å²) in [6.45, 7) is 12.0. The molecule has 0 N–H and O–H groups in total. The minimum atomic E-state index is 0. The molecule has 0 aliphatic carbocycles. The predicted molar refractivity (Wildman–Crippen MR) is 78.6 cm³/mol. The Bertz CT molecular complexity index is 67.1. The van der Waals surface area contributed by atoms with Gasteiger partial charge in [0.25, 0.3) is 0 Å². The van der Waals surface area contributed by atoms with Crippen LogP contribution < -0.4 is 0 Å². The van der Waals surface area contributed by atoms with Crippen molar-refractivity contribution < 1.29 is 19.5 Å². The average molecular weight is 345 g/mol. The van der Waals surface area contributed by atoms with E-state index in [2.05, 4.69) is 27.7 Å². The van der Waals surface area contributed by atoms with Gasteiger partial charge in [0.05, 0.1) is 0 Å². The summed E-state index contributed by atoms with van der Waals surface area (Å²) in [5.41, 5.74) is 0. The first-order valence-electron chi connectivity index (χ1n) is 6.41. The number of halogens is 1. The van der Waals surface area contributed by atoms with Crippen molar-refractivity contribution >= 4 is 17.0 Å². The molecule has 0 bridgehead atoms. The fourth-order valence-corrected chi connectivity index (χ4v) is 1.21. The second-order valence-corrected chi connectivity index (χ2v) is 3.83. The second-order valence-electron chi connectivity index (χ2n) is 3.83. The number of rotatable bonds is 8. The molecule has 0 heterocycles. The van der Waals surface area contributed by atoms with Gasteiger partial charge in [0, 0.05) is 0 Å². The molecular formula is C14H31BrZn. The van der Waals surface area contributed by atoms with Gasteiger partial charge in [-0.15, -0.1) is 17.0 Å². The Morgan fingerprint density at radius 3 is 1.25 bits per heavy atom. The quantitative estimate of drug-likeness (QED) is 0.281. The van der Waals surface area contributed by atoms with Crippen LogP contribution in [0.5, 0.6) is 0 Å². The van der Waals surface area contributed by atoms with Crippen molar-refractivity contribution in [3.63, 3.8) is 0 Å². The maximum atomic E-state index is 3.78. The SMILES string of the molecule is Br.[CH2-]CCCCC.[CH2-]CCCCCCC.[Zn+2]. The Labute approximate surface area is 128 Å². The fraction of sp³-hybridized carbons (Fsp3) is 0.857. The predicted octanol–water partition coefficient (Wildman–Crippen LogP) is 6.16. The van der Waals surface area contributed by atoms with Crippen molar-refractivity contribution in [1.29, 1.82) is 0 Å². The average Bonchev–Trinajstić information content (AvgIpc) is 2.22. The molecule has 0 aliphatic rings. The van der Waals surface area contributed by atoms with Crippen LogP contribution in [0.1, 0.15) is 78.1 Å². The van der Waals surface area contributed by atoms with Gasteiger partial charge in [0.1, 0.15) is 0 Å². The number of hydrogen-bond acceptors (Lipinski definition) is 0. The molecule has 0 radical (unpaired) electrons. The van der Waals surface area contributed by atoms with Crippen LogP contribution in [0.4, 0.5) is 0 Å². The monoisotopic (exact) mass is 342 g/mol. The number of hydrogen-bond donors (Lipinski definition) is 0. The van der Waals surface area contributed by atoms with Crippen LogP contribution in [-0.2, 0) is 19.5 Å². The summed E-state index contributed by atoms with van der Waals surface area (Å²) in [4.78, 5) is 0. The van der Waals surface area contributed by atoms with Gasteiger partial charge in [0.2, 0.25) is 0 Å². The van der Waals surface area contributed by atoms with E-state index in [0.29, 0.717) is 0 Å². The van der Waals surface area contributed by atoms with Gasteiger partial charge >= 0.3 is 19.5 Å². The van der Waals surface area contributed by atoms with Crippen LogP contribution in [0, 0.1) is 13.8 Å². The third kappa shape index (κ3) is 36.3. The van der Waals surface area contributed by atoms with Crippen LogP contribution in [0.2, 0.25) is 0 Å². The largest absolute Gasteiger partial charge is 2.00 e. The van der Waals surface area contributed by atoms with Crippen molar-refractivity contribution in [2.24, 2.45) is 0 Å². The van der Waals surface area contributed by atoms with E-state index in [1.54, 1.807) is 0 Å². The number of unbranched alkanes of at least 4 members (excludes halogenated alkanes) is 8. The summed E-state index contributed by atoms with van der Waals surface area (Å²) in [6.07, 6.45) is 13.0. The molecule has 2 heteroatoms. The van der Waals surface area contributed by atoms with E-state index in [1.165, 1.54) is 51.4 Å². The Morgan fingerprint density at radius 2 is 0.938 bits per heavy atom. The van der Waals surface area contributed by atoms with Gasteiger partial charge in [-0.05, 0) is 0 Å². The van der Waals surface area contributed by atoms with Crippen molar-refractivity contribution in [1.82, 2.24) is 0 Å². The Morgan fingerprint density at radius 1 is 0.625 bits per heavy atom. The van der Waals surface area contributed by atoms with Gasteiger partial charge in [-0.25, -0.2) is 0 Å². The van der Waals surface area contributed by atoms with Crippen molar-refractivity contribution in [3.05, 3.63) is 13.8 Å². The maximum Gasteiger partial charge on any atom is 2.00 e. The fourth-order valence-electron chi connectivity index (χ4n) is 1.21. The smallest absolute Gasteiger partial charge is 0.343 e. The molecule has 0 aliphatic heterocycles. The summed E-state index contributed by atoms with van der Waals surface area (Å²) >= 11 is 0. The first kappa shape index (κ1) is 25.8. The Hall–Kier alpha value is 1.10. The molecule has 0 spiro atoms. The summed E-state index contributed by atoms with van der Waals surface area (Å²) in [5, 5.41) is 0. The van der Waals surface area contributed by atoms with Crippen LogP contribution in [0.3, 0.4) is 0 Å². The van der Waals surface area contributed by atoms with E-state index >= 15 is 0 Å². The van der Waals surface area contributed by atoms with E-state index in [-0.39, 0.29) is 36.5 Å². The first-order valence-corrected chi connectivity index (χ1v) is 6.41. The zero-order valence-corrected chi connectivity index (χ0v) is 16.3. The zero-order valence-electron chi connectivity index (χ0n) is 11.6. The molecule has 0 saturated carbocycles. The summed E-state index contributed by atoms with van der Waals surface area (Å²) in [7, 11) is 0. The molecule has 0 saturated heterocycles. The van der Waals surface area contributed by atoms with E-state index in [4.69, 9.17) is 0 Å². The van der Waals surface area contributed by atoms with Crippen LogP contribution in [0.15, 0.2) is 0 Å². The molecule has 16 heavy (non-hydrogen) atoms. The summed E-state index contributed by atoms with van der Waals surface area (Å²) < 4.78 is 0. The summed E-state index contributed by atoms with van der Waals surface area (Å²) in [5.74, 6) is 0. The first-order chi connectivity index (χ1) is 6.83. The van der Waals surface area contributed by atoms with E-state index in [9.17, 15) is 0 Å². The van der Waals surface area contributed by atoms with E-state index in [1.807, 2.05) is 0 Å². The van der Waals surface area contributed by atoms with Gasteiger partial charge in [0.15, 0.2) is 0 Å². The molecule has 0 aromatic heterocycles. The van der Waals surface area contributed by atoms with Crippen LogP contribution >= 0.6 is 17.0 Å². The van der Waals surface area contributed by atoms with Crippen molar-refractivity contribution in [3.8, 4) is 0 Å². The molecule has 96 valence electrons. The van der Waals surface area contributed by atoms with E-state index in [0.717, 1.165) is 12.8 Å². The van der Waals surface area contributed by atoms with Gasteiger partial charge < -0.3 is 13.8 Å². The molecule has 0 atom stereocenters. The molecule has 0 unspecified atom stereocenters. The van der Waals surface area contributed by atoms with E-state index < -0.39 is 0 Å². The minimum Gasteiger partial charge on any atom is -0.343 e. The third-order valence-corrected chi connectivity index (χ3v) is 2.21. The molecule has 0 aromatic carbocycles. The molecule has 0 rings (SSSR count). The van der Waals surface area contributed by atoms with Gasteiger partial charge in [-0.3, -0.25) is 0 Å². The molecule has 0 aromatic rings. The summed E-state index contributed by atoms with van der Waals surface area (Å²) in [6, 6.07) is 0. The van der Waals surface area contributed by atoms with Crippen LogP contribution in [0.25, 0.3) is 0 Å². The van der Waals surface area contributed by atoms with Crippen molar-refractivity contribution in [2.45, 2.75) is 78.1 Å². The Kier molecular flexibility index (Phi) is 48.1. The molecule has 0 fully saturated rings.